The summed E-state index contributed by atoms with van der Waals surface area (Å²) in [6.45, 7) is 4.64. The van der Waals surface area contributed by atoms with Gasteiger partial charge in [0.2, 0.25) is 0 Å². The normalized spacial score (nSPS) is 11.8. The molecular weight excluding hydrogens is 1710 g/mol. The molecule has 0 radical (unpaired) electrons. The second-order valence-corrected chi connectivity index (χ2v) is 49.4. The lowest BCUT2D eigenvalue weighted by Crippen LogP contribution is -1.97. The molecule has 0 aromatic heterocycles. The average Bonchev–Trinajstić information content (AvgIpc) is 1.07. The SMILES string of the molecule is CCCCCCCCCCCCCCCCCCCCCCCCCCCCCCCCCCCCCCCCCCCCCCCCCCCCCCCCCCCCCCCCCCCCCCC(=O)CCCCCCCCCCCCCCCCCCCCCCCCCCCCCCCCCCCCCCCCCCCCCCCCCCCCCCCCCCCCCCCCCCCCCC. The number of carbonyl (C=O) groups excluding carboxylic acids is 1. The molecule has 852 valence electrons. The first-order valence-electron chi connectivity index (χ1n) is 70.3. The van der Waals surface area contributed by atoms with Crippen LogP contribution >= 0.6 is 0 Å². The third-order valence-corrected chi connectivity index (χ3v) is 34.6. The molecule has 0 spiro atoms. The average molecular weight is 1990 g/mol. The Kier molecular flexibility index (Phi) is 138. The fourth-order valence-electron chi connectivity index (χ4n) is 24.3. The van der Waals surface area contributed by atoms with Gasteiger partial charge in [0.25, 0.3) is 0 Å². The van der Waals surface area contributed by atoms with E-state index in [1.165, 1.54) is 860 Å². The monoisotopic (exact) mass is 1990 g/mol. The fraction of sp³-hybridized carbons (Fsp3) is 0.993. The predicted molar refractivity (Wildman–Crippen MR) is 654 cm³/mol. The van der Waals surface area contributed by atoms with Crippen molar-refractivity contribution >= 4 is 5.78 Å². The van der Waals surface area contributed by atoms with E-state index < -0.39 is 0 Å². The van der Waals surface area contributed by atoms with Crippen molar-refractivity contribution in [2.75, 3.05) is 0 Å². The first kappa shape index (κ1) is 142. The Balaban J connectivity index is 3.14. The van der Waals surface area contributed by atoms with Crippen LogP contribution in [0, 0.1) is 0 Å². The van der Waals surface area contributed by atoms with Gasteiger partial charge in [-0.15, -0.1) is 0 Å². The predicted octanol–water partition coefficient (Wildman–Crippen LogP) is 54.4. The van der Waals surface area contributed by atoms with E-state index in [9.17, 15) is 4.79 Å². The second-order valence-electron chi connectivity index (χ2n) is 49.4. The van der Waals surface area contributed by atoms with Crippen LogP contribution in [0.15, 0.2) is 0 Å². The van der Waals surface area contributed by atoms with Crippen molar-refractivity contribution in [2.24, 2.45) is 0 Å². The van der Waals surface area contributed by atoms with Gasteiger partial charge in [-0.2, -0.15) is 0 Å². The van der Waals surface area contributed by atoms with E-state index in [0.29, 0.717) is 5.78 Å². The van der Waals surface area contributed by atoms with Crippen molar-refractivity contribution in [1.29, 1.82) is 0 Å². The zero-order valence-electron chi connectivity index (χ0n) is 100. The number of carbonyl (C=O) groups is 1. The van der Waals surface area contributed by atoms with Gasteiger partial charge in [0.1, 0.15) is 5.78 Å². The van der Waals surface area contributed by atoms with Gasteiger partial charge in [-0.3, -0.25) is 4.79 Å². The first-order valence-corrected chi connectivity index (χ1v) is 70.3. The summed E-state index contributed by atoms with van der Waals surface area (Å²) in [4.78, 5) is 12.5. The molecule has 0 aliphatic carbocycles. The van der Waals surface area contributed by atoms with Crippen LogP contribution in [-0.2, 0) is 4.79 Å². The molecule has 142 heavy (non-hydrogen) atoms. The van der Waals surface area contributed by atoms with Gasteiger partial charge in [0.15, 0.2) is 0 Å². The van der Waals surface area contributed by atoms with Gasteiger partial charge in [-0.25, -0.2) is 0 Å². The molecule has 0 saturated heterocycles. The summed E-state index contributed by atoms with van der Waals surface area (Å²) in [5, 5.41) is 0. The summed E-state index contributed by atoms with van der Waals surface area (Å²) in [6.07, 6.45) is 202. The van der Waals surface area contributed by atoms with Crippen LogP contribution in [0.5, 0.6) is 0 Å². The van der Waals surface area contributed by atoms with Crippen LogP contribution in [0.4, 0.5) is 0 Å². The molecule has 0 saturated carbocycles. The van der Waals surface area contributed by atoms with Crippen molar-refractivity contribution in [3.63, 3.8) is 0 Å². The van der Waals surface area contributed by atoms with Crippen LogP contribution in [0.2, 0.25) is 0 Å². The number of hydrogen-bond acceptors (Lipinski definition) is 1. The lowest BCUT2D eigenvalue weighted by Gasteiger charge is -2.05. The Hall–Kier alpha value is -0.330. The van der Waals surface area contributed by atoms with Gasteiger partial charge in [0, 0.05) is 12.8 Å². The zero-order valence-corrected chi connectivity index (χ0v) is 100. The van der Waals surface area contributed by atoms with E-state index in [1.54, 1.807) is 0 Å². The summed E-state index contributed by atoms with van der Waals surface area (Å²) >= 11 is 0. The number of ketones is 1. The van der Waals surface area contributed by atoms with E-state index in [1.807, 2.05) is 0 Å². The molecule has 0 aliphatic rings. The molecule has 0 atom stereocenters. The van der Waals surface area contributed by atoms with E-state index in [2.05, 4.69) is 13.8 Å². The van der Waals surface area contributed by atoms with Crippen LogP contribution in [0.3, 0.4) is 0 Å². The number of unbranched alkanes of at least 4 members (excludes halogenated alkanes) is 134. The van der Waals surface area contributed by atoms with Crippen LogP contribution in [0.1, 0.15) is 900 Å². The number of rotatable bonds is 138. The highest BCUT2D eigenvalue weighted by Gasteiger charge is 2.09. The van der Waals surface area contributed by atoms with Gasteiger partial charge >= 0.3 is 0 Å². The maximum atomic E-state index is 12.5. The molecule has 0 unspecified atom stereocenters. The quantitative estimate of drug-likeness (QED) is 0.0555. The molecule has 0 N–H and O–H groups in total. The minimum Gasteiger partial charge on any atom is -0.300 e. The van der Waals surface area contributed by atoms with Gasteiger partial charge in [-0.1, -0.05) is 874 Å². The summed E-state index contributed by atoms with van der Waals surface area (Å²) in [5.41, 5.74) is 0. The Morgan fingerprint density at radius 3 is 0.162 bits per heavy atom. The highest BCUT2D eigenvalue weighted by molar-refractivity contribution is 5.78. The van der Waals surface area contributed by atoms with Crippen LogP contribution in [-0.4, -0.2) is 5.78 Å². The molecule has 0 heterocycles. The Morgan fingerprint density at radius 2 is 0.113 bits per heavy atom. The van der Waals surface area contributed by atoms with Crippen molar-refractivity contribution < 1.29 is 4.79 Å². The lowest BCUT2D eigenvalue weighted by molar-refractivity contribution is -0.119. The van der Waals surface area contributed by atoms with Gasteiger partial charge < -0.3 is 0 Å². The van der Waals surface area contributed by atoms with E-state index in [-0.39, 0.29) is 0 Å². The molecule has 0 aliphatic heterocycles. The van der Waals surface area contributed by atoms with Gasteiger partial charge in [0.05, 0.1) is 0 Å². The topological polar surface area (TPSA) is 17.1 Å². The summed E-state index contributed by atoms with van der Waals surface area (Å²) in [5.74, 6) is 0.543. The largest absolute Gasteiger partial charge is 0.300 e. The number of Topliss-reactive ketones (excluding diaryl/α,β-unsaturated/α-hetero) is 1. The maximum Gasteiger partial charge on any atom is 0.132 e. The molecule has 0 aromatic carbocycles. The summed E-state index contributed by atoms with van der Waals surface area (Å²) in [6, 6.07) is 0. The van der Waals surface area contributed by atoms with Crippen molar-refractivity contribution in [3.05, 3.63) is 0 Å². The Labute approximate surface area is 904 Å². The number of hydrogen-bond donors (Lipinski definition) is 0. The second kappa shape index (κ2) is 139. The fourth-order valence-corrected chi connectivity index (χ4v) is 24.3. The van der Waals surface area contributed by atoms with Crippen molar-refractivity contribution in [2.45, 2.75) is 900 Å². The summed E-state index contributed by atoms with van der Waals surface area (Å²) in [7, 11) is 0. The maximum absolute atomic E-state index is 12.5. The molecule has 0 fully saturated rings. The Bertz CT molecular complexity index is 1930. The van der Waals surface area contributed by atoms with Gasteiger partial charge in [-0.05, 0) is 12.8 Å². The minimum atomic E-state index is 0.543. The first-order chi connectivity index (χ1) is 70.8. The minimum absolute atomic E-state index is 0.543. The standard InChI is InChI=1S/C141H282O/c1-3-5-7-9-11-13-15-17-19-21-23-25-27-29-31-33-35-37-39-41-43-45-47-49-51-53-55-57-59-61-63-65-67-69-71-73-75-77-79-81-83-85-87-89-91-93-95-97-99-101-103-105-107-109-111-113-115-117-119-121-123-125-127-129-131-133-135-137-139-141(142)140-138-136-134-132-130-128-126-124-122-120-118-116-114-112-110-108-106-104-102-100-98-96-94-92-90-88-86-84-82-80-78-76-74-72-70-68-66-64-62-60-58-56-54-52-50-48-46-44-42-40-38-36-34-32-30-28-26-24-22-20-18-16-14-12-10-8-6-4-2/h3-140H2,1-2H3. The third-order valence-electron chi connectivity index (χ3n) is 34.6. The third kappa shape index (κ3) is 138. The van der Waals surface area contributed by atoms with E-state index in [4.69, 9.17) is 0 Å². The van der Waals surface area contributed by atoms with Crippen LogP contribution < -0.4 is 0 Å². The molecule has 0 rings (SSSR count). The molecular formula is C141H282O. The molecule has 1 heteroatoms. The van der Waals surface area contributed by atoms with Crippen molar-refractivity contribution in [3.8, 4) is 0 Å². The highest BCUT2D eigenvalue weighted by Crippen LogP contribution is 2.28. The van der Waals surface area contributed by atoms with Crippen LogP contribution in [0.25, 0.3) is 0 Å². The molecule has 0 amide bonds. The molecule has 0 bridgehead atoms. The Morgan fingerprint density at radius 1 is 0.0704 bits per heavy atom. The van der Waals surface area contributed by atoms with E-state index >= 15 is 0 Å². The summed E-state index contributed by atoms with van der Waals surface area (Å²) < 4.78 is 0. The molecule has 0 aromatic rings. The lowest BCUT2D eigenvalue weighted by atomic mass is 10.0. The molecule has 1 nitrogen and oxygen atoms in total. The smallest absolute Gasteiger partial charge is 0.132 e. The highest BCUT2D eigenvalue weighted by atomic mass is 16.1. The van der Waals surface area contributed by atoms with E-state index in [0.717, 1.165) is 25.7 Å². The zero-order chi connectivity index (χ0) is 101. The van der Waals surface area contributed by atoms with Crippen molar-refractivity contribution in [1.82, 2.24) is 0 Å².